The van der Waals surface area contributed by atoms with Crippen LogP contribution in [0.5, 0.6) is 5.75 Å². The molecule has 0 saturated carbocycles. The summed E-state index contributed by atoms with van der Waals surface area (Å²) in [7, 11) is 1.64. The van der Waals surface area contributed by atoms with Crippen molar-refractivity contribution in [2.75, 3.05) is 43.4 Å². The molecule has 3 aromatic rings. The second-order valence-corrected chi connectivity index (χ2v) is 9.02. The van der Waals surface area contributed by atoms with Crippen molar-refractivity contribution in [2.24, 2.45) is 0 Å². The number of rotatable bonds is 5. The van der Waals surface area contributed by atoms with Gasteiger partial charge < -0.3 is 20.3 Å². The fourth-order valence-electron chi connectivity index (χ4n) is 4.69. The minimum Gasteiger partial charge on any atom is -0.478 e. The molecule has 2 N–H and O–H groups in total. The number of hydrogen-bond acceptors (Lipinski definition) is 5. The van der Waals surface area contributed by atoms with E-state index in [4.69, 9.17) is 4.74 Å². The normalized spacial score (nSPS) is 17.8. The second-order valence-electron chi connectivity index (χ2n) is 9.02. The number of carbonyl (C=O) groups is 2. The van der Waals surface area contributed by atoms with Gasteiger partial charge in [0.05, 0.1) is 5.69 Å². The van der Waals surface area contributed by atoms with Crippen LogP contribution >= 0.6 is 0 Å². The highest BCUT2D eigenvalue weighted by molar-refractivity contribution is 5.99. The third-order valence-corrected chi connectivity index (χ3v) is 6.66. The summed E-state index contributed by atoms with van der Waals surface area (Å²) in [5.41, 5.74) is 5.75. The molecule has 1 fully saturated rings. The third-order valence-electron chi connectivity index (χ3n) is 6.66. The van der Waals surface area contributed by atoms with Gasteiger partial charge in [-0.05, 0) is 54.4 Å². The van der Waals surface area contributed by atoms with Crippen LogP contribution in [0.3, 0.4) is 0 Å². The average molecular weight is 471 g/mol. The molecule has 0 bridgehead atoms. The molecule has 0 aromatic heterocycles. The summed E-state index contributed by atoms with van der Waals surface area (Å²) in [5, 5.41) is 5.68. The summed E-state index contributed by atoms with van der Waals surface area (Å²) < 4.78 is 6.01. The molecule has 3 aromatic carbocycles. The van der Waals surface area contributed by atoms with E-state index >= 15 is 0 Å². The lowest BCUT2D eigenvalue weighted by Gasteiger charge is -2.36. The Balaban J connectivity index is 1.31. The summed E-state index contributed by atoms with van der Waals surface area (Å²) in [6, 6.07) is 22.1. The topological polar surface area (TPSA) is 73.9 Å². The first-order valence-electron chi connectivity index (χ1n) is 12.0. The molecule has 35 heavy (non-hydrogen) atoms. The number of ether oxygens (including phenoxy) is 1. The lowest BCUT2D eigenvalue weighted by atomic mass is 9.99. The zero-order valence-electron chi connectivity index (χ0n) is 20.1. The van der Waals surface area contributed by atoms with Crippen LogP contribution in [0.1, 0.15) is 22.8 Å². The van der Waals surface area contributed by atoms with E-state index in [0.29, 0.717) is 5.56 Å². The smallest absolute Gasteiger partial charge is 0.265 e. The number of carbonyl (C=O) groups excluding carboxylic acids is 2. The molecule has 1 saturated heterocycles. The standard InChI is InChI=1S/C28H30N4O3/c1-19-27(33)30-25-17-20(16-24(26(25)35-19)21-6-4-3-5-7-21)18-31-12-14-32(15-13-31)23-10-8-22(9-11-23)28(34)29-2/h3-11,16-17,19H,12-15,18H2,1-2H3,(H,29,34)(H,30,33). The Morgan fingerprint density at radius 2 is 1.74 bits per heavy atom. The molecular formula is C28H30N4O3. The maximum Gasteiger partial charge on any atom is 0.265 e. The van der Waals surface area contributed by atoms with Crippen LogP contribution < -0.4 is 20.3 Å². The van der Waals surface area contributed by atoms with Gasteiger partial charge >= 0.3 is 0 Å². The molecule has 2 aliphatic rings. The number of anilines is 2. The molecule has 1 atom stereocenters. The van der Waals surface area contributed by atoms with Crippen molar-refractivity contribution >= 4 is 23.2 Å². The van der Waals surface area contributed by atoms with Gasteiger partial charge in [0.2, 0.25) is 0 Å². The zero-order chi connectivity index (χ0) is 24.4. The predicted octanol–water partition coefficient (Wildman–Crippen LogP) is 3.75. The number of nitrogens with zero attached hydrogens (tertiary/aromatic N) is 2. The minimum absolute atomic E-state index is 0.0719. The molecule has 7 heteroatoms. The maximum absolute atomic E-state index is 12.3. The number of piperazine rings is 1. The van der Waals surface area contributed by atoms with E-state index in [0.717, 1.165) is 66.5 Å². The van der Waals surface area contributed by atoms with E-state index in [-0.39, 0.29) is 11.8 Å². The Bertz CT molecular complexity index is 1220. The molecule has 0 spiro atoms. The van der Waals surface area contributed by atoms with E-state index in [1.165, 1.54) is 0 Å². The van der Waals surface area contributed by atoms with Gasteiger partial charge in [0.15, 0.2) is 11.9 Å². The molecular weight excluding hydrogens is 440 g/mol. The Morgan fingerprint density at radius 1 is 1.03 bits per heavy atom. The molecule has 1 unspecified atom stereocenters. The van der Waals surface area contributed by atoms with Crippen molar-refractivity contribution in [1.29, 1.82) is 0 Å². The maximum atomic E-state index is 12.3. The molecule has 0 aliphatic carbocycles. The molecule has 180 valence electrons. The van der Waals surface area contributed by atoms with Gasteiger partial charge in [0, 0.05) is 56.6 Å². The highest BCUT2D eigenvalue weighted by atomic mass is 16.5. The summed E-state index contributed by atoms with van der Waals surface area (Å²) in [6.07, 6.45) is -0.519. The quantitative estimate of drug-likeness (QED) is 0.594. The Kier molecular flexibility index (Phi) is 6.42. The number of benzene rings is 3. The zero-order valence-corrected chi connectivity index (χ0v) is 20.1. The average Bonchev–Trinajstić information content (AvgIpc) is 2.90. The van der Waals surface area contributed by atoms with Crippen molar-refractivity contribution in [3.8, 4) is 16.9 Å². The Labute approximate surface area is 205 Å². The molecule has 7 nitrogen and oxygen atoms in total. The van der Waals surface area contributed by atoms with Crippen molar-refractivity contribution in [1.82, 2.24) is 10.2 Å². The van der Waals surface area contributed by atoms with Crippen molar-refractivity contribution in [2.45, 2.75) is 19.6 Å². The van der Waals surface area contributed by atoms with E-state index < -0.39 is 6.10 Å². The van der Waals surface area contributed by atoms with Crippen LogP contribution in [0.15, 0.2) is 66.7 Å². The van der Waals surface area contributed by atoms with Gasteiger partial charge in [-0.2, -0.15) is 0 Å². The first-order chi connectivity index (χ1) is 17.0. The number of fused-ring (bicyclic) bond motifs is 1. The van der Waals surface area contributed by atoms with Crippen LogP contribution in [-0.2, 0) is 11.3 Å². The monoisotopic (exact) mass is 470 g/mol. The van der Waals surface area contributed by atoms with E-state index in [9.17, 15) is 9.59 Å². The molecule has 5 rings (SSSR count). The largest absolute Gasteiger partial charge is 0.478 e. The van der Waals surface area contributed by atoms with Crippen LogP contribution in [0.25, 0.3) is 11.1 Å². The fraction of sp³-hybridized carbons (Fsp3) is 0.286. The summed E-state index contributed by atoms with van der Waals surface area (Å²) >= 11 is 0. The lowest BCUT2D eigenvalue weighted by Crippen LogP contribution is -2.46. The number of amides is 2. The highest BCUT2D eigenvalue weighted by Gasteiger charge is 2.27. The van der Waals surface area contributed by atoms with Gasteiger partial charge in [0.1, 0.15) is 0 Å². The number of nitrogens with one attached hydrogen (secondary N) is 2. The molecule has 2 amide bonds. The highest BCUT2D eigenvalue weighted by Crippen LogP contribution is 2.41. The predicted molar refractivity (Wildman–Crippen MR) is 138 cm³/mol. The van der Waals surface area contributed by atoms with Crippen LogP contribution in [0.4, 0.5) is 11.4 Å². The van der Waals surface area contributed by atoms with E-state index in [1.54, 1.807) is 14.0 Å². The lowest BCUT2D eigenvalue weighted by molar-refractivity contribution is -0.122. The van der Waals surface area contributed by atoms with Gasteiger partial charge in [-0.25, -0.2) is 0 Å². The van der Waals surface area contributed by atoms with Gasteiger partial charge in [-0.1, -0.05) is 30.3 Å². The van der Waals surface area contributed by atoms with Crippen molar-refractivity contribution in [3.05, 3.63) is 77.9 Å². The van der Waals surface area contributed by atoms with Gasteiger partial charge in [-0.15, -0.1) is 0 Å². The van der Waals surface area contributed by atoms with E-state index in [2.05, 4.69) is 38.6 Å². The second kappa shape index (κ2) is 9.80. The Hall–Kier alpha value is -3.84. The summed E-state index contributed by atoms with van der Waals surface area (Å²) in [4.78, 5) is 28.9. The number of hydrogen-bond donors (Lipinski definition) is 2. The molecule has 0 radical (unpaired) electrons. The first kappa shape index (κ1) is 22.9. The summed E-state index contributed by atoms with van der Waals surface area (Å²) in [6.45, 7) is 6.23. The van der Waals surface area contributed by atoms with Gasteiger partial charge in [0.25, 0.3) is 11.8 Å². The first-order valence-corrected chi connectivity index (χ1v) is 12.0. The van der Waals surface area contributed by atoms with Crippen molar-refractivity contribution in [3.63, 3.8) is 0 Å². The van der Waals surface area contributed by atoms with Crippen molar-refractivity contribution < 1.29 is 14.3 Å². The third kappa shape index (κ3) is 4.86. The van der Waals surface area contributed by atoms with E-state index in [1.807, 2.05) is 48.5 Å². The molecule has 2 heterocycles. The van der Waals surface area contributed by atoms with Crippen LogP contribution in [0, 0.1) is 0 Å². The van der Waals surface area contributed by atoms with Gasteiger partial charge in [-0.3, -0.25) is 14.5 Å². The van der Waals surface area contributed by atoms with Crippen LogP contribution in [-0.4, -0.2) is 56.0 Å². The minimum atomic E-state index is -0.519. The van der Waals surface area contributed by atoms with Crippen LogP contribution in [0.2, 0.25) is 0 Å². The Morgan fingerprint density at radius 3 is 2.43 bits per heavy atom. The fourth-order valence-corrected chi connectivity index (χ4v) is 4.69. The summed E-state index contributed by atoms with van der Waals surface area (Å²) in [5.74, 6) is 0.541. The SMILES string of the molecule is CNC(=O)c1ccc(N2CCN(Cc3cc4c(c(-c5ccccc5)c3)OC(C)C(=O)N4)CC2)cc1. The molecule has 2 aliphatic heterocycles.